The van der Waals surface area contributed by atoms with E-state index in [-0.39, 0.29) is 23.6 Å². The van der Waals surface area contributed by atoms with Crippen molar-refractivity contribution in [2.24, 2.45) is 0 Å². The Hall–Kier alpha value is -3.60. The molecule has 4 rings (SSSR count). The van der Waals surface area contributed by atoms with Gasteiger partial charge in [-0.05, 0) is 24.3 Å². The van der Waals surface area contributed by atoms with E-state index in [1.165, 1.54) is 36.2 Å². The van der Waals surface area contributed by atoms with Crippen LogP contribution < -0.4 is 9.47 Å². The van der Waals surface area contributed by atoms with Crippen LogP contribution in [-0.4, -0.2) is 74.9 Å². The van der Waals surface area contributed by atoms with E-state index in [1.54, 1.807) is 12.1 Å². The largest absolute Gasteiger partial charge is 0.486 e. The van der Waals surface area contributed by atoms with Crippen LogP contribution in [0.2, 0.25) is 0 Å². The first-order valence-electron chi connectivity index (χ1n) is 9.71. The van der Waals surface area contributed by atoms with Crippen LogP contribution in [0.3, 0.4) is 0 Å². The summed E-state index contributed by atoms with van der Waals surface area (Å²) in [6, 6.07) is 12.9. The number of sulfonamides is 1. The molecule has 1 atom stereocenters. The fraction of sp³-hybridized carbons (Fsp3) is 0.286. The topological polar surface area (TPSA) is 120 Å². The molecule has 0 saturated carbocycles. The highest BCUT2D eigenvalue weighted by Crippen LogP contribution is 2.31. The van der Waals surface area contributed by atoms with Gasteiger partial charge in [-0.3, -0.25) is 14.4 Å². The Kier molecular flexibility index (Phi) is 5.74. The van der Waals surface area contributed by atoms with E-state index in [4.69, 9.17) is 14.2 Å². The molecule has 0 aromatic heterocycles. The predicted octanol–water partition coefficient (Wildman–Crippen LogP) is 0.673. The number of para-hydroxylation sites is 2. The zero-order valence-corrected chi connectivity index (χ0v) is 17.9. The average Bonchev–Trinajstić information content (AvgIpc) is 2.98. The Morgan fingerprint density at radius 1 is 1.12 bits per heavy atom. The van der Waals surface area contributed by atoms with Gasteiger partial charge < -0.3 is 19.1 Å². The molecule has 10 nitrogen and oxygen atoms in total. The Balaban J connectivity index is 1.28. The van der Waals surface area contributed by atoms with Crippen molar-refractivity contribution < 1.29 is 37.0 Å². The summed E-state index contributed by atoms with van der Waals surface area (Å²) in [5.74, 6) is -1.13. The van der Waals surface area contributed by atoms with E-state index in [0.717, 1.165) is 0 Å². The van der Waals surface area contributed by atoms with Crippen LogP contribution in [0.1, 0.15) is 10.4 Å². The standard InChI is InChI=1S/C21H20N2O8S/c1-22(10-14-12-29-16-7-3-4-8-17(16)31-14)19(24)13-30-20(25)11-23-21(26)15-6-2-5-9-18(15)32(23,27)28/h2-9,14H,10-13H2,1H3/t14-/m1/s1. The SMILES string of the molecule is CN(C[C@@H]1COc2ccccc2O1)C(=O)COC(=O)CN1C(=O)c2ccccc2S1(=O)=O. The summed E-state index contributed by atoms with van der Waals surface area (Å²) in [7, 11) is -2.61. The summed E-state index contributed by atoms with van der Waals surface area (Å²) < 4.78 is 41.7. The van der Waals surface area contributed by atoms with E-state index in [1.807, 2.05) is 12.1 Å². The second kappa shape index (κ2) is 8.50. The zero-order valence-electron chi connectivity index (χ0n) is 17.1. The number of nitrogens with zero attached hydrogens (tertiary/aromatic N) is 2. The number of likely N-dealkylation sites (N-methyl/N-ethyl adjacent to an activating group) is 1. The molecular formula is C21H20N2O8S. The number of carbonyl (C=O) groups excluding carboxylic acids is 3. The molecule has 32 heavy (non-hydrogen) atoms. The summed E-state index contributed by atoms with van der Waals surface area (Å²) in [5.41, 5.74) is -0.00705. The molecule has 0 bridgehead atoms. The molecular weight excluding hydrogens is 440 g/mol. The number of esters is 1. The second-order valence-electron chi connectivity index (χ2n) is 7.25. The molecule has 2 aliphatic heterocycles. The van der Waals surface area contributed by atoms with Crippen molar-refractivity contribution in [2.75, 3.05) is 33.4 Å². The number of hydrogen-bond acceptors (Lipinski definition) is 8. The van der Waals surface area contributed by atoms with Crippen molar-refractivity contribution in [1.29, 1.82) is 0 Å². The van der Waals surface area contributed by atoms with Crippen molar-refractivity contribution in [3.63, 3.8) is 0 Å². The van der Waals surface area contributed by atoms with E-state index in [9.17, 15) is 22.8 Å². The fourth-order valence-electron chi connectivity index (χ4n) is 3.36. The first-order valence-corrected chi connectivity index (χ1v) is 11.2. The summed E-state index contributed by atoms with van der Waals surface area (Å²) >= 11 is 0. The highest BCUT2D eigenvalue weighted by molar-refractivity contribution is 7.90. The molecule has 0 fully saturated rings. The van der Waals surface area contributed by atoms with Gasteiger partial charge >= 0.3 is 5.97 Å². The van der Waals surface area contributed by atoms with E-state index < -0.39 is 47.1 Å². The average molecular weight is 460 g/mol. The third kappa shape index (κ3) is 4.11. The Morgan fingerprint density at radius 2 is 1.81 bits per heavy atom. The number of ether oxygens (including phenoxy) is 3. The minimum absolute atomic E-state index is 0.00705. The lowest BCUT2D eigenvalue weighted by molar-refractivity contribution is -0.151. The Labute approximate surface area is 184 Å². The van der Waals surface area contributed by atoms with Crippen LogP contribution in [0, 0.1) is 0 Å². The van der Waals surface area contributed by atoms with Crippen LogP contribution in [-0.2, 0) is 24.3 Å². The molecule has 0 aliphatic carbocycles. The number of fused-ring (bicyclic) bond motifs is 2. The highest BCUT2D eigenvalue weighted by Gasteiger charge is 2.42. The van der Waals surface area contributed by atoms with E-state index in [0.29, 0.717) is 15.8 Å². The van der Waals surface area contributed by atoms with Crippen LogP contribution in [0.25, 0.3) is 0 Å². The molecule has 2 aromatic carbocycles. The number of amides is 2. The van der Waals surface area contributed by atoms with Gasteiger partial charge in [0.2, 0.25) is 0 Å². The third-order valence-electron chi connectivity index (χ3n) is 5.01. The van der Waals surface area contributed by atoms with E-state index in [2.05, 4.69) is 0 Å². The van der Waals surface area contributed by atoms with Gasteiger partial charge in [0.05, 0.1) is 12.1 Å². The van der Waals surface area contributed by atoms with Gasteiger partial charge in [0.25, 0.3) is 21.8 Å². The lowest BCUT2D eigenvalue weighted by atomic mass is 10.2. The Morgan fingerprint density at radius 3 is 2.56 bits per heavy atom. The van der Waals surface area contributed by atoms with Crippen LogP contribution >= 0.6 is 0 Å². The van der Waals surface area contributed by atoms with Gasteiger partial charge in [-0.15, -0.1) is 0 Å². The molecule has 2 heterocycles. The van der Waals surface area contributed by atoms with Crippen LogP contribution in [0.4, 0.5) is 0 Å². The summed E-state index contributed by atoms with van der Waals surface area (Å²) in [5, 5.41) is 0. The molecule has 0 spiro atoms. The van der Waals surface area contributed by atoms with Crippen LogP contribution in [0.15, 0.2) is 53.4 Å². The number of carbonyl (C=O) groups is 3. The van der Waals surface area contributed by atoms with Crippen molar-refractivity contribution in [2.45, 2.75) is 11.0 Å². The summed E-state index contributed by atoms with van der Waals surface area (Å²) in [6.07, 6.45) is -0.402. The maximum absolute atomic E-state index is 12.5. The number of rotatable bonds is 6. The van der Waals surface area contributed by atoms with Crippen molar-refractivity contribution in [1.82, 2.24) is 9.21 Å². The number of benzene rings is 2. The lowest BCUT2D eigenvalue weighted by Crippen LogP contribution is -2.43. The number of hydrogen-bond donors (Lipinski definition) is 0. The monoisotopic (exact) mass is 460 g/mol. The summed E-state index contributed by atoms with van der Waals surface area (Å²) in [4.78, 5) is 38.0. The van der Waals surface area contributed by atoms with Crippen molar-refractivity contribution in [3.8, 4) is 11.5 Å². The van der Waals surface area contributed by atoms with E-state index >= 15 is 0 Å². The van der Waals surface area contributed by atoms with Gasteiger partial charge in [-0.25, -0.2) is 12.7 Å². The summed E-state index contributed by atoms with van der Waals surface area (Å²) in [6.45, 7) is -0.972. The predicted molar refractivity (Wildman–Crippen MR) is 110 cm³/mol. The van der Waals surface area contributed by atoms with Gasteiger partial charge in [-0.1, -0.05) is 24.3 Å². The van der Waals surface area contributed by atoms with Gasteiger partial charge in [-0.2, -0.15) is 0 Å². The van der Waals surface area contributed by atoms with Crippen molar-refractivity contribution >= 4 is 27.8 Å². The normalized spacial score (nSPS) is 18.1. The quantitative estimate of drug-likeness (QED) is 0.577. The second-order valence-corrected chi connectivity index (χ2v) is 9.08. The minimum Gasteiger partial charge on any atom is -0.486 e. The minimum atomic E-state index is -4.13. The van der Waals surface area contributed by atoms with Gasteiger partial charge in [0.1, 0.15) is 18.0 Å². The van der Waals surface area contributed by atoms with Crippen molar-refractivity contribution in [3.05, 3.63) is 54.1 Å². The molecule has 2 amide bonds. The fourth-order valence-corrected chi connectivity index (χ4v) is 4.88. The Bertz CT molecular complexity index is 1180. The van der Waals surface area contributed by atoms with Gasteiger partial charge in [0.15, 0.2) is 24.2 Å². The maximum Gasteiger partial charge on any atom is 0.327 e. The molecule has 0 unspecified atom stereocenters. The van der Waals surface area contributed by atoms with Crippen LogP contribution in [0.5, 0.6) is 11.5 Å². The molecule has 11 heteroatoms. The zero-order chi connectivity index (χ0) is 22.9. The lowest BCUT2D eigenvalue weighted by Gasteiger charge is -2.29. The first kappa shape index (κ1) is 21.6. The molecule has 0 N–H and O–H groups in total. The molecule has 2 aliphatic rings. The molecule has 168 valence electrons. The smallest absolute Gasteiger partial charge is 0.327 e. The first-order chi connectivity index (χ1) is 15.3. The molecule has 2 aromatic rings. The van der Waals surface area contributed by atoms with Gasteiger partial charge in [0, 0.05) is 7.05 Å². The third-order valence-corrected chi connectivity index (χ3v) is 6.80. The molecule has 0 radical (unpaired) electrons. The molecule has 0 saturated heterocycles. The highest BCUT2D eigenvalue weighted by atomic mass is 32.2. The maximum atomic E-state index is 12.5.